The molecule has 1 saturated heterocycles. The number of nitrogens with zero attached hydrogens (tertiary/aromatic N) is 4. The van der Waals surface area contributed by atoms with Crippen molar-refractivity contribution in [2.45, 2.75) is 12.7 Å². The first-order valence-electron chi connectivity index (χ1n) is 10.2. The number of pyridine rings is 1. The standard InChI is InChI=1S/C22H18F5N5O2/c23-16-2-1-13(17(24)8-16)11-29-19-9-18(21(33)32-3-5-34-6-4-32)30-20(31-19)14-7-15(12-28-10-14)22(25,26)27/h1-2,7-10,12H,3-6,11H2,(H,29,30,31). The minimum Gasteiger partial charge on any atom is -0.378 e. The number of hydrogen-bond donors (Lipinski definition) is 1. The van der Waals surface area contributed by atoms with E-state index < -0.39 is 29.3 Å². The third-order valence-corrected chi connectivity index (χ3v) is 5.04. The van der Waals surface area contributed by atoms with E-state index in [0.717, 1.165) is 24.4 Å². The van der Waals surface area contributed by atoms with Crippen LogP contribution in [0, 0.1) is 11.6 Å². The van der Waals surface area contributed by atoms with Gasteiger partial charge in [0.1, 0.15) is 23.1 Å². The number of aromatic nitrogens is 3. The lowest BCUT2D eigenvalue weighted by molar-refractivity contribution is -0.137. The number of carbonyl (C=O) groups is 1. The average molecular weight is 479 g/mol. The van der Waals surface area contributed by atoms with E-state index in [2.05, 4.69) is 20.3 Å². The quantitative estimate of drug-likeness (QED) is 0.559. The largest absolute Gasteiger partial charge is 0.417 e. The van der Waals surface area contributed by atoms with E-state index in [1.165, 1.54) is 17.0 Å². The topological polar surface area (TPSA) is 80.2 Å². The van der Waals surface area contributed by atoms with Gasteiger partial charge in [-0.1, -0.05) is 6.07 Å². The molecule has 3 aromatic rings. The fourth-order valence-electron chi connectivity index (χ4n) is 3.27. The minimum atomic E-state index is -4.63. The summed E-state index contributed by atoms with van der Waals surface area (Å²) in [6.07, 6.45) is -2.81. The number of anilines is 1. The Morgan fingerprint density at radius 1 is 1.06 bits per heavy atom. The van der Waals surface area contributed by atoms with Crippen molar-refractivity contribution in [3.05, 3.63) is 71.2 Å². The van der Waals surface area contributed by atoms with Gasteiger partial charge in [0.2, 0.25) is 0 Å². The highest BCUT2D eigenvalue weighted by Crippen LogP contribution is 2.31. The molecule has 0 spiro atoms. The summed E-state index contributed by atoms with van der Waals surface area (Å²) in [6, 6.07) is 5.21. The van der Waals surface area contributed by atoms with E-state index in [4.69, 9.17) is 4.74 Å². The summed E-state index contributed by atoms with van der Waals surface area (Å²) in [4.78, 5) is 26.5. The average Bonchev–Trinajstić information content (AvgIpc) is 2.83. The van der Waals surface area contributed by atoms with E-state index in [1.54, 1.807) is 0 Å². The summed E-state index contributed by atoms with van der Waals surface area (Å²) in [6.45, 7) is 1.22. The van der Waals surface area contributed by atoms with Crippen molar-refractivity contribution in [1.29, 1.82) is 0 Å². The van der Waals surface area contributed by atoms with Crippen LogP contribution in [0.25, 0.3) is 11.4 Å². The summed E-state index contributed by atoms with van der Waals surface area (Å²) < 4.78 is 71.9. The number of alkyl halides is 3. The van der Waals surface area contributed by atoms with Gasteiger partial charge in [-0.05, 0) is 12.1 Å². The van der Waals surface area contributed by atoms with E-state index in [9.17, 15) is 26.7 Å². The Balaban J connectivity index is 1.69. The zero-order valence-corrected chi connectivity index (χ0v) is 17.6. The Morgan fingerprint density at radius 2 is 1.82 bits per heavy atom. The second kappa shape index (κ2) is 9.67. The molecule has 2 aromatic heterocycles. The molecule has 1 fully saturated rings. The van der Waals surface area contributed by atoms with Gasteiger partial charge in [-0.2, -0.15) is 13.2 Å². The van der Waals surface area contributed by atoms with Crippen molar-refractivity contribution in [2.24, 2.45) is 0 Å². The van der Waals surface area contributed by atoms with E-state index >= 15 is 0 Å². The normalized spacial score (nSPS) is 14.2. The van der Waals surface area contributed by atoms with Gasteiger partial charge in [-0.25, -0.2) is 18.7 Å². The second-order valence-electron chi connectivity index (χ2n) is 7.42. The van der Waals surface area contributed by atoms with E-state index in [1.807, 2.05) is 0 Å². The second-order valence-corrected chi connectivity index (χ2v) is 7.42. The number of rotatable bonds is 5. The molecule has 1 aliphatic heterocycles. The molecule has 0 atom stereocenters. The van der Waals surface area contributed by atoms with E-state index in [-0.39, 0.29) is 35.0 Å². The Kier molecular flexibility index (Phi) is 6.68. The minimum absolute atomic E-state index is 0.0533. The van der Waals surface area contributed by atoms with Crippen LogP contribution < -0.4 is 5.32 Å². The maximum absolute atomic E-state index is 14.0. The number of hydrogen-bond acceptors (Lipinski definition) is 6. The van der Waals surface area contributed by atoms with Crippen molar-refractivity contribution in [2.75, 3.05) is 31.6 Å². The smallest absolute Gasteiger partial charge is 0.378 e. The number of carbonyl (C=O) groups excluding carboxylic acids is 1. The first kappa shape index (κ1) is 23.5. The summed E-state index contributed by atoms with van der Waals surface area (Å²) in [5.74, 6) is -2.07. The molecular weight excluding hydrogens is 461 g/mol. The van der Waals surface area contributed by atoms with Crippen LogP contribution in [0.1, 0.15) is 21.6 Å². The molecule has 0 saturated carbocycles. The summed E-state index contributed by atoms with van der Waals surface area (Å²) in [5.41, 5.74) is -0.987. The number of benzene rings is 1. The molecule has 4 rings (SSSR count). The highest BCUT2D eigenvalue weighted by molar-refractivity contribution is 5.93. The van der Waals surface area contributed by atoms with Crippen molar-refractivity contribution in [1.82, 2.24) is 19.9 Å². The Labute approximate surface area is 190 Å². The number of morpholine rings is 1. The van der Waals surface area contributed by atoms with Crippen molar-refractivity contribution in [3.8, 4) is 11.4 Å². The zero-order valence-electron chi connectivity index (χ0n) is 17.6. The van der Waals surface area contributed by atoms with Crippen LogP contribution in [-0.2, 0) is 17.5 Å². The van der Waals surface area contributed by atoms with Crippen LogP contribution in [0.4, 0.5) is 27.8 Å². The van der Waals surface area contributed by atoms with Crippen LogP contribution >= 0.6 is 0 Å². The van der Waals surface area contributed by atoms with Gasteiger partial charge in [0.15, 0.2) is 5.82 Å². The first-order valence-corrected chi connectivity index (χ1v) is 10.2. The Hall–Kier alpha value is -3.67. The summed E-state index contributed by atoms with van der Waals surface area (Å²) in [5, 5.41) is 2.82. The number of amides is 1. The fraction of sp³-hybridized carbons (Fsp3) is 0.273. The lowest BCUT2D eigenvalue weighted by Crippen LogP contribution is -2.41. The number of nitrogens with one attached hydrogen (secondary N) is 1. The van der Waals surface area contributed by atoms with Gasteiger partial charge in [-0.15, -0.1) is 0 Å². The van der Waals surface area contributed by atoms with Crippen molar-refractivity contribution >= 4 is 11.7 Å². The molecule has 1 aromatic carbocycles. The molecular formula is C22H18F5N5O2. The Morgan fingerprint density at radius 3 is 2.53 bits per heavy atom. The Bertz CT molecular complexity index is 1200. The molecule has 34 heavy (non-hydrogen) atoms. The molecule has 0 unspecified atom stereocenters. The van der Waals surface area contributed by atoms with Crippen LogP contribution in [0.5, 0.6) is 0 Å². The van der Waals surface area contributed by atoms with Gasteiger partial charge in [-0.3, -0.25) is 9.78 Å². The molecule has 0 aliphatic carbocycles. The summed E-state index contributed by atoms with van der Waals surface area (Å²) >= 11 is 0. The van der Waals surface area contributed by atoms with Gasteiger partial charge in [0.25, 0.3) is 5.91 Å². The molecule has 7 nitrogen and oxygen atoms in total. The van der Waals surface area contributed by atoms with Crippen LogP contribution in [0.3, 0.4) is 0 Å². The molecule has 1 amide bonds. The third kappa shape index (κ3) is 5.45. The molecule has 12 heteroatoms. The van der Waals surface area contributed by atoms with Crippen LogP contribution in [0.15, 0.2) is 42.7 Å². The lowest BCUT2D eigenvalue weighted by Gasteiger charge is -2.26. The highest BCUT2D eigenvalue weighted by Gasteiger charge is 2.31. The maximum Gasteiger partial charge on any atom is 0.417 e. The van der Waals surface area contributed by atoms with Gasteiger partial charge >= 0.3 is 6.18 Å². The molecule has 0 bridgehead atoms. The SMILES string of the molecule is O=C(c1cc(NCc2ccc(F)cc2F)nc(-c2cncc(C(F)(F)F)c2)n1)N1CCOCC1. The van der Waals surface area contributed by atoms with Gasteiger partial charge < -0.3 is 15.0 Å². The van der Waals surface area contributed by atoms with Crippen molar-refractivity contribution in [3.63, 3.8) is 0 Å². The highest BCUT2D eigenvalue weighted by atomic mass is 19.4. The molecule has 3 heterocycles. The maximum atomic E-state index is 14.0. The monoisotopic (exact) mass is 479 g/mol. The predicted molar refractivity (Wildman–Crippen MR) is 111 cm³/mol. The molecule has 1 N–H and O–H groups in total. The third-order valence-electron chi connectivity index (χ3n) is 5.04. The number of halogens is 5. The van der Waals surface area contributed by atoms with Gasteiger partial charge in [0.05, 0.1) is 18.8 Å². The fourth-order valence-corrected chi connectivity index (χ4v) is 3.27. The summed E-state index contributed by atoms with van der Waals surface area (Å²) in [7, 11) is 0. The predicted octanol–water partition coefficient (Wildman–Crippen LogP) is 3.92. The van der Waals surface area contributed by atoms with Crippen molar-refractivity contribution < 1.29 is 31.5 Å². The van der Waals surface area contributed by atoms with Crippen LogP contribution in [0.2, 0.25) is 0 Å². The molecule has 178 valence electrons. The van der Waals surface area contributed by atoms with Gasteiger partial charge in [0, 0.05) is 55.3 Å². The lowest BCUT2D eigenvalue weighted by atomic mass is 10.2. The van der Waals surface area contributed by atoms with Crippen LogP contribution in [-0.4, -0.2) is 52.1 Å². The van der Waals surface area contributed by atoms with E-state index in [0.29, 0.717) is 32.5 Å². The number of ether oxygens (including phenoxy) is 1. The molecule has 0 radical (unpaired) electrons. The molecule has 1 aliphatic rings. The first-order chi connectivity index (χ1) is 16.2. The zero-order chi connectivity index (χ0) is 24.3.